The van der Waals surface area contributed by atoms with Crippen LogP contribution in [0.15, 0.2) is 47.4 Å². The topological polar surface area (TPSA) is 73.8 Å². The third-order valence-electron chi connectivity index (χ3n) is 4.79. The lowest BCUT2D eigenvalue weighted by Gasteiger charge is -2.40. The number of carbonyl (C=O) groups excluding carboxylic acids is 1. The number of pyridine rings is 1. The molecule has 1 amide bonds. The van der Waals surface area contributed by atoms with Gasteiger partial charge >= 0.3 is 0 Å². The smallest absolute Gasteiger partial charge is 0.253 e. The Morgan fingerprint density at radius 3 is 2.39 bits per heavy atom. The molecule has 1 aromatic carbocycles. The highest BCUT2D eigenvalue weighted by molar-refractivity contribution is 7.89. The van der Waals surface area contributed by atoms with Gasteiger partial charge in [-0.25, -0.2) is 17.7 Å². The Hall–Kier alpha value is -2.52. The molecule has 7 nitrogen and oxygen atoms in total. The molecule has 9 heteroatoms. The molecule has 1 saturated heterocycles. The average molecular weight is 406 g/mol. The van der Waals surface area contributed by atoms with E-state index in [0.717, 1.165) is 4.31 Å². The van der Waals surface area contributed by atoms with Crippen LogP contribution in [-0.2, 0) is 10.0 Å². The number of nitrogens with zero attached hydrogens (tertiary/aromatic N) is 4. The molecule has 0 N–H and O–H groups in total. The molecule has 1 fully saturated rings. The number of benzene rings is 1. The van der Waals surface area contributed by atoms with Crippen molar-refractivity contribution >= 4 is 21.7 Å². The van der Waals surface area contributed by atoms with Gasteiger partial charge in [0.2, 0.25) is 16.0 Å². The lowest BCUT2D eigenvalue weighted by Crippen LogP contribution is -2.54. The Morgan fingerprint density at radius 1 is 1.14 bits per heavy atom. The number of rotatable bonds is 4. The van der Waals surface area contributed by atoms with Gasteiger partial charge in [-0.15, -0.1) is 0 Å². The van der Waals surface area contributed by atoms with Crippen molar-refractivity contribution in [1.82, 2.24) is 14.2 Å². The number of amides is 1. The molecule has 3 rings (SSSR count). The summed E-state index contributed by atoms with van der Waals surface area (Å²) in [5.41, 5.74) is 0.433. The molecule has 28 heavy (non-hydrogen) atoms. The number of sulfonamides is 1. The summed E-state index contributed by atoms with van der Waals surface area (Å²) >= 11 is 0. The van der Waals surface area contributed by atoms with Gasteiger partial charge in [-0.05, 0) is 43.3 Å². The van der Waals surface area contributed by atoms with E-state index in [1.807, 2.05) is 11.8 Å². The molecule has 1 aromatic heterocycles. The summed E-state index contributed by atoms with van der Waals surface area (Å²) in [6, 6.07) is 10.6. The van der Waals surface area contributed by atoms with Crippen molar-refractivity contribution in [3.05, 3.63) is 54.0 Å². The van der Waals surface area contributed by atoms with Crippen LogP contribution in [0.3, 0.4) is 0 Å². The summed E-state index contributed by atoms with van der Waals surface area (Å²) in [4.78, 5) is 20.6. The van der Waals surface area contributed by atoms with Crippen LogP contribution in [0.1, 0.15) is 17.3 Å². The van der Waals surface area contributed by atoms with Gasteiger partial charge in [0.15, 0.2) is 0 Å². The Labute approximate surface area is 164 Å². The Kier molecular flexibility index (Phi) is 5.66. The van der Waals surface area contributed by atoms with Crippen LogP contribution in [0.5, 0.6) is 0 Å². The van der Waals surface area contributed by atoms with Gasteiger partial charge in [-0.1, -0.05) is 6.07 Å². The van der Waals surface area contributed by atoms with Gasteiger partial charge in [0.25, 0.3) is 5.91 Å². The SMILES string of the molecule is CC1CN(C(=O)c2ccc(S(=O)(=O)N(C)C)cc2)CCN1c1cccc(F)n1. The summed E-state index contributed by atoms with van der Waals surface area (Å²) in [6.45, 7) is 3.43. The van der Waals surface area contributed by atoms with Gasteiger partial charge in [-0.2, -0.15) is 4.39 Å². The fourth-order valence-electron chi connectivity index (χ4n) is 3.20. The van der Waals surface area contributed by atoms with Gasteiger partial charge in [0.1, 0.15) is 5.82 Å². The van der Waals surface area contributed by atoms with Crippen LogP contribution < -0.4 is 4.90 Å². The van der Waals surface area contributed by atoms with Gasteiger partial charge < -0.3 is 9.80 Å². The first-order valence-corrected chi connectivity index (χ1v) is 10.3. The van der Waals surface area contributed by atoms with Gasteiger partial charge in [0, 0.05) is 45.3 Å². The largest absolute Gasteiger partial charge is 0.350 e. The molecule has 0 saturated carbocycles. The predicted octanol–water partition coefficient (Wildman–Crippen LogP) is 1.82. The van der Waals surface area contributed by atoms with E-state index in [0.29, 0.717) is 31.0 Å². The molecular formula is C19H23FN4O3S. The maximum absolute atomic E-state index is 13.4. The van der Waals surface area contributed by atoms with Crippen LogP contribution >= 0.6 is 0 Å². The first-order chi connectivity index (χ1) is 13.2. The van der Waals surface area contributed by atoms with Crippen molar-refractivity contribution in [3.8, 4) is 0 Å². The first-order valence-electron chi connectivity index (χ1n) is 8.91. The van der Waals surface area contributed by atoms with E-state index in [4.69, 9.17) is 0 Å². The Balaban J connectivity index is 1.71. The fraction of sp³-hybridized carbons (Fsp3) is 0.368. The molecular weight excluding hydrogens is 383 g/mol. The van der Waals surface area contributed by atoms with Crippen molar-refractivity contribution < 1.29 is 17.6 Å². The second-order valence-corrected chi connectivity index (χ2v) is 9.08. The molecule has 2 aromatic rings. The van der Waals surface area contributed by atoms with Gasteiger partial charge in [-0.3, -0.25) is 4.79 Å². The maximum atomic E-state index is 13.4. The summed E-state index contributed by atoms with van der Waals surface area (Å²) in [5, 5.41) is 0. The fourth-order valence-corrected chi connectivity index (χ4v) is 4.10. The third-order valence-corrected chi connectivity index (χ3v) is 6.62. The van der Waals surface area contributed by atoms with E-state index >= 15 is 0 Å². The van der Waals surface area contributed by atoms with E-state index in [9.17, 15) is 17.6 Å². The normalized spacial score (nSPS) is 17.8. The summed E-state index contributed by atoms with van der Waals surface area (Å²) in [7, 11) is -0.608. The van der Waals surface area contributed by atoms with Crippen molar-refractivity contribution in [2.45, 2.75) is 17.9 Å². The number of anilines is 1. The highest BCUT2D eigenvalue weighted by atomic mass is 32.2. The minimum atomic E-state index is -3.53. The number of aromatic nitrogens is 1. The van der Waals surface area contributed by atoms with Crippen molar-refractivity contribution in [1.29, 1.82) is 0 Å². The Bertz CT molecular complexity index is 963. The molecule has 0 aliphatic carbocycles. The minimum absolute atomic E-state index is 0.0274. The second-order valence-electron chi connectivity index (χ2n) is 6.92. The lowest BCUT2D eigenvalue weighted by molar-refractivity contribution is 0.0726. The molecule has 150 valence electrons. The molecule has 2 heterocycles. The van der Waals surface area contributed by atoms with Crippen molar-refractivity contribution in [3.63, 3.8) is 0 Å². The van der Waals surface area contributed by atoms with Crippen molar-refractivity contribution in [2.24, 2.45) is 0 Å². The number of hydrogen-bond acceptors (Lipinski definition) is 5. The summed E-state index contributed by atoms with van der Waals surface area (Å²) in [5.74, 6) is -0.138. The molecule has 1 aliphatic rings. The number of piperazine rings is 1. The second kappa shape index (κ2) is 7.84. The standard InChI is InChI=1S/C19H23FN4O3S/c1-14-13-23(11-12-24(14)18-6-4-5-17(20)21-18)19(25)15-7-9-16(10-8-15)28(26,27)22(2)3/h4-10,14H,11-13H2,1-3H3. The summed E-state index contributed by atoms with van der Waals surface area (Å²) in [6.07, 6.45) is 0. The zero-order valence-corrected chi connectivity index (χ0v) is 16.9. The molecule has 0 radical (unpaired) electrons. The number of hydrogen-bond donors (Lipinski definition) is 0. The van der Waals surface area contributed by atoms with Gasteiger partial charge in [0.05, 0.1) is 4.90 Å². The zero-order chi connectivity index (χ0) is 20.5. The maximum Gasteiger partial charge on any atom is 0.253 e. The lowest BCUT2D eigenvalue weighted by atomic mass is 10.1. The zero-order valence-electron chi connectivity index (χ0n) is 16.0. The highest BCUT2D eigenvalue weighted by Gasteiger charge is 2.28. The number of carbonyl (C=O) groups is 1. The van der Waals surface area contributed by atoms with Crippen LogP contribution in [0.25, 0.3) is 0 Å². The molecule has 0 bridgehead atoms. The van der Waals surface area contributed by atoms with Crippen LogP contribution in [-0.4, -0.2) is 68.3 Å². The summed E-state index contributed by atoms with van der Waals surface area (Å²) < 4.78 is 38.8. The molecule has 1 unspecified atom stereocenters. The first kappa shape index (κ1) is 20.2. The minimum Gasteiger partial charge on any atom is -0.350 e. The van der Waals surface area contributed by atoms with Crippen LogP contribution in [0.2, 0.25) is 0 Å². The van der Waals surface area contributed by atoms with E-state index in [2.05, 4.69) is 4.98 Å². The Morgan fingerprint density at radius 2 is 1.82 bits per heavy atom. The third kappa shape index (κ3) is 4.00. The molecule has 1 aliphatic heterocycles. The number of halogens is 1. The van der Waals surface area contributed by atoms with E-state index in [1.54, 1.807) is 17.0 Å². The van der Waals surface area contributed by atoms with E-state index in [-0.39, 0.29) is 16.8 Å². The van der Waals surface area contributed by atoms with Crippen LogP contribution in [0.4, 0.5) is 10.2 Å². The monoisotopic (exact) mass is 406 g/mol. The van der Waals surface area contributed by atoms with Crippen molar-refractivity contribution in [2.75, 3.05) is 38.6 Å². The predicted molar refractivity (Wildman–Crippen MR) is 104 cm³/mol. The quantitative estimate of drug-likeness (QED) is 0.725. The molecule has 0 spiro atoms. The molecule has 1 atom stereocenters. The van der Waals surface area contributed by atoms with E-state index < -0.39 is 16.0 Å². The van der Waals surface area contributed by atoms with E-state index in [1.165, 1.54) is 44.4 Å². The average Bonchev–Trinajstić information content (AvgIpc) is 2.67. The highest BCUT2D eigenvalue weighted by Crippen LogP contribution is 2.21. The van der Waals surface area contributed by atoms with Crippen LogP contribution in [0, 0.1) is 5.95 Å².